The van der Waals surface area contributed by atoms with Crippen molar-refractivity contribution in [2.75, 3.05) is 13.2 Å². The van der Waals surface area contributed by atoms with Gasteiger partial charge < -0.3 is 9.84 Å². The molecule has 19 heavy (non-hydrogen) atoms. The number of aliphatic hydroxyl groups is 1. The van der Waals surface area contributed by atoms with Gasteiger partial charge in [-0.2, -0.15) is 0 Å². The quantitative estimate of drug-likeness (QED) is 0.801. The molecule has 0 unspecified atom stereocenters. The lowest BCUT2D eigenvalue weighted by Crippen LogP contribution is -2.11. The molecule has 2 rings (SSSR count). The van der Waals surface area contributed by atoms with Gasteiger partial charge in [0.05, 0.1) is 6.61 Å². The molecule has 0 aromatic heterocycles. The minimum atomic E-state index is -0.453. The maximum atomic E-state index is 11.4. The molecule has 0 heterocycles. The van der Waals surface area contributed by atoms with Crippen LogP contribution in [-0.4, -0.2) is 24.1 Å². The Labute approximate surface area is 114 Å². The molecule has 1 fully saturated rings. The predicted molar refractivity (Wildman–Crippen MR) is 74.5 cm³/mol. The van der Waals surface area contributed by atoms with E-state index in [2.05, 4.69) is 0 Å². The van der Waals surface area contributed by atoms with Crippen LogP contribution in [0, 0.1) is 5.92 Å². The Balaban J connectivity index is 1.80. The van der Waals surface area contributed by atoms with Crippen LogP contribution in [0.25, 0.3) is 0 Å². The molecule has 0 bridgehead atoms. The molecule has 1 aliphatic rings. The summed E-state index contributed by atoms with van der Waals surface area (Å²) in [5, 5.41) is 8.83. The van der Waals surface area contributed by atoms with Crippen molar-refractivity contribution >= 4 is 5.78 Å². The third kappa shape index (κ3) is 4.35. The number of ether oxygens (including phenoxy) is 1. The number of benzene rings is 1. The molecule has 1 saturated carbocycles. The monoisotopic (exact) mass is 262 g/mol. The van der Waals surface area contributed by atoms with Crippen molar-refractivity contribution in [3.8, 4) is 5.75 Å². The lowest BCUT2D eigenvalue weighted by molar-refractivity contribution is 0.0903. The molecule has 0 amide bonds. The van der Waals surface area contributed by atoms with Crippen LogP contribution < -0.4 is 4.74 Å². The Morgan fingerprint density at radius 2 is 2.05 bits per heavy atom. The van der Waals surface area contributed by atoms with E-state index in [9.17, 15) is 4.79 Å². The van der Waals surface area contributed by atoms with Crippen LogP contribution in [0.15, 0.2) is 24.3 Å². The lowest BCUT2D eigenvalue weighted by Gasteiger charge is -2.21. The van der Waals surface area contributed by atoms with Crippen molar-refractivity contribution in [3.05, 3.63) is 29.8 Å². The second kappa shape index (κ2) is 7.29. The molecule has 0 aliphatic heterocycles. The van der Waals surface area contributed by atoms with E-state index in [4.69, 9.17) is 9.84 Å². The minimum Gasteiger partial charge on any atom is -0.494 e. The van der Waals surface area contributed by atoms with Crippen molar-refractivity contribution in [3.63, 3.8) is 0 Å². The van der Waals surface area contributed by atoms with Gasteiger partial charge in [-0.15, -0.1) is 0 Å². The van der Waals surface area contributed by atoms with Gasteiger partial charge in [0, 0.05) is 5.56 Å². The number of rotatable bonds is 6. The molecule has 3 nitrogen and oxygen atoms in total. The van der Waals surface area contributed by atoms with Crippen molar-refractivity contribution in [1.29, 1.82) is 0 Å². The molecule has 0 atom stereocenters. The molecular weight excluding hydrogens is 240 g/mol. The summed E-state index contributed by atoms with van der Waals surface area (Å²) in [6.45, 7) is 0.257. The summed E-state index contributed by atoms with van der Waals surface area (Å²) >= 11 is 0. The zero-order chi connectivity index (χ0) is 13.5. The number of aliphatic hydroxyl groups excluding tert-OH is 1. The van der Waals surface area contributed by atoms with Gasteiger partial charge in [-0.1, -0.05) is 44.2 Å². The smallest absolute Gasteiger partial charge is 0.188 e. The van der Waals surface area contributed by atoms with Crippen LogP contribution in [0.1, 0.15) is 48.9 Å². The number of ketones is 1. The summed E-state index contributed by atoms with van der Waals surface area (Å²) in [5.41, 5.74) is 0.512. The third-order valence-electron chi connectivity index (χ3n) is 3.82. The number of hydrogen-bond acceptors (Lipinski definition) is 3. The van der Waals surface area contributed by atoms with Gasteiger partial charge in [0.15, 0.2) is 5.78 Å². The molecule has 0 spiro atoms. The van der Waals surface area contributed by atoms with E-state index in [1.165, 1.54) is 32.1 Å². The highest BCUT2D eigenvalue weighted by Gasteiger charge is 2.13. The standard InChI is InChI=1S/C16H22O3/c17-12-16(18)14-7-4-8-15(11-14)19-10-9-13-5-2-1-3-6-13/h4,7-8,11,13,17H,1-3,5-6,9-10,12H2. The van der Waals surface area contributed by atoms with E-state index in [1.807, 2.05) is 6.07 Å². The first-order valence-corrected chi connectivity index (χ1v) is 7.16. The lowest BCUT2D eigenvalue weighted by atomic mass is 9.87. The molecule has 1 aromatic rings. The van der Waals surface area contributed by atoms with E-state index in [0.717, 1.165) is 18.1 Å². The first-order chi connectivity index (χ1) is 9.29. The fraction of sp³-hybridized carbons (Fsp3) is 0.562. The maximum absolute atomic E-state index is 11.4. The van der Waals surface area contributed by atoms with Gasteiger partial charge in [-0.25, -0.2) is 0 Å². The molecule has 104 valence electrons. The number of Topliss-reactive ketones (excluding diaryl/α,β-unsaturated/α-hetero) is 1. The second-order valence-electron chi connectivity index (χ2n) is 5.25. The number of carbonyl (C=O) groups is 1. The zero-order valence-corrected chi connectivity index (χ0v) is 11.3. The van der Waals surface area contributed by atoms with Gasteiger partial charge >= 0.3 is 0 Å². The van der Waals surface area contributed by atoms with Crippen LogP contribution >= 0.6 is 0 Å². The van der Waals surface area contributed by atoms with Crippen LogP contribution in [-0.2, 0) is 0 Å². The Morgan fingerprint density at radius 1 is 1.26 bits per heavy atom. The van der Waals surface area contributed by atoms with E-state index in [0.29, 0.717) is 12.2 Å². The van der Waals surface area contributed by atoms with Crippen LogP contribution in [0.5, 0.6) is 5.75 Å². The van der Waals surface area contributed by atoms with Crippen molar-refractivity contribution in [2.24, 2.45) is 5.92 Å². The Bertz CT molecular complexity index is 408. The summed E-state index contributed by atoms with van der Waals surface area (Å²) in [7, 11) is 0. The predicted octanol–water partition coefficient (Wildman–Crippen LogP) is 3.21. The highest BCUT2D eigenvalue weighted by atomic mass is 16.5. The SMILES string of the molecule is O=C(CO)c1cccc(OCCC2CCCCC2)c1. The molecule has 1 N–H and O–H groups in total. The summed E-state index contributed by atoms with van der Waals surface area (Å²) in [5.74, 6) is 1.25. The van der Waals surface area contributed by atoms with Gasteiger partial charge in [-0.3, -0.25) is 4.79 Å². The molecule has 3 heteroatoms. The van der Waals surface area contributed by atoms with E-state index >= 15 is 0 Å². The van der Waals surface area contributed by atoms with E-state index in [-0.39, 0.29) is 5.78 Å². The average molecular weight is 262 g/mol. The highest BCUT2D eigenvalue weighted by Crippen LogP contribution is 2.26. The van der Waals surface area contributed by atoms with Gasteiger partial charge in [0.1, 0.15) is 12.4 Å². The van der Waals surface area contributed by atoms with E-state index < -0.39 is 6.61 Å². The van der Waals surface area contributed by atoms with Gasteiger partial charge in [-0.05, 0) is 24.5 Å². The topological polar surface area (TPSA) is 46.5 Å². The van der Waals surface area contributed by atoms with E-state index in [1.54, 1.807) is 18.2 Å². The molecular formula is C16H22O3. The summed E-state index contributed by atoms with van der Waals surface area (Å²) in [6, 6.07) is 7.06. The summed E-state index contributed by atoms with van der Waals surface area (Å²) in [6.07, 6.45) is 7.83. The van der Waals surface area contributed by atoms with Gasteiger partial charge in [0.2, 0.25) is 0 Å². The molecule has 0 radical (unpaired) electrons. The fourth-order valence-corrected chi connectivity index (χ4v) is 2.67. The van der Waals surface area contributed by atoms with Crippen LogP contribution in [0.3, 0.4) is 0 Å². The van der Waals surface area contributed by atoms with Crippen molar-refractivity contribution < 1.29 is 14.6 Å². The Hall–Kier alpha value is -1.35. The zero-order valence-electron chi connectivity index (χ0n) is 11.3. The molecule has 1 aromatic carbocycles. The average Bonchev–Trinajstić information content (AvgIpc) is 2.48. The molecule has 1 aliphatic carbocycles. The maximum Gasteiger partial charge on any atom is 0.188 e. The minimum absolute atomic E-state index is 0.266. The Kier molecular flexibility index (Phi) is 5.40. The number of hydrogen-bond donors (Lipinski definition) is 1. The third-order valence-corrected chi connectivity index (χ3v) is 3.82. The second-order valence-corrected chi connectivity index (χ2v) is 5.25. The number of carbonyl (C=O) groups excluding carboxylic acids is 1. The van der Waals surface area contributed by atoms with Gasteiger partial charge in [0.25, 0.3) is 0 Å². The Morgan fingerprint density at radius 3 is 2.79 bits per heavy atom. The largest absolute Gasteiger partial charge is 0.494 e. The summed E-state index contributed by atoms with van der Waals surface area (Å²) in [4.78, 5) is 11.4. The fourth-order valence-electron chi connectivity index (χ4n) is 2.67. The van der Waals surface area contributed by atoms with Crippen LogP contribution in [0.2, 0.25) is 0 Å². The molecule has 0 saturated heterocycles. The highest BCUT2D eigenvalue weighted by molar-refractivity contribution is 5.97. The first-order valence-electron chi connectivity index (χ1n) is 7.16. The summed E-state index contributed by atoms with van der Waals surface area (Å²) < 4.78 is 5.71. The normalized spacial score (nSPS) is 16.3. The van der Waals surface area contributed by atoms with Crippen molar-refractivity contribution in [1.82, 2.24) is 0 Å². The van der Waals surface area contributed by atoms with Crippen molar-refractivity contribution in [2.45, 2.75) is 38.5 Å². The van der Waals surface area contributed by atoms with Crippen LogP contribution in [0.4, 0.5) is 0 Å². The first kappa shape index (κ1) is 14.1.